The molecule has 2 aromatic carbocycles. The van der Waals surface area contributed by atoms with Crippen LogP contribution >= 0.6 is 11.6 Å². The van der Waals surface area contributed by atoms with Gasteiger partial charge in [-0.1, -0.05) is 56.5 Å². The normalized spacial score (nSPS) is 28.5. The van der Waals surface area contributed by atoms with Crippen molar-refractivity contribution in [2.75, 3.05) is 10.2 Å². The molecule has 2 aromatic rings. The van der Waals surface area contributed by atoms with Gasteiger partial charge < -0.3 is 15.7 Å². The molecule has 2 aliphatic rings. The summed E-state index contributed by atoms with van der Waals surface area (Å²) in [4.78, 5) is 27.7. The van der Waals surface area contributed by atoms with E-state index >= 15 is 0 Å². The molecule has 0 spiro atoms. The zero-order valence-electron chi connectivity index (χ0n) is 17.1. The van der Waals surface area contributed by atoms with Gasteiger partial charge in [-0.3, -0.25) is 9.69 Å². The van der Waals surface area contributed by atoms with E-state index in [2.05, 4.69) is 24.5 Å². The minimum Gasteiger partial charge on any atom is -0.359 e. The van der Waals surface area contributed by atoms with E-state index in [0.29, 0.717) is 27.9 Å². The van der Waals surface area contributed by atoms with Gasteiger partial charge in [-0.05, 0) is 48.6 Å². The lowest BCUT2D eigenvalue weighted by Gasteiger charge is -2.44. The monoisotopic (exact) mass is 427 g/mol. The predicted molar refractivity (Wildman–Crippen MR) is 117 cm³/mol. The summed E-state index contributed by atoms with van der Waals surface area (Å²) in [5, 5.41) is 18.2. The highest BCUT2D eigenvalue weighted by Gasteiger charge is 2.52. The van der Waals surface area contributed by atoms with Crippen LogP contribution in [0.25, 0.3) is 0 Å². The molecule has 3 N–H and O–H groups in total. The molecule has 1 fully saturated rings. The largest absolute Gasteiger partial charge is 0.359 e. The van der Waals surface area contributed by atoms with E-state index in [1.54, 1.807) is 48.5 Å². The minimum absolute atomic E-state index is 0.0607. The average Bonchev–Trinajstić information content (AvgIpc) is 2.72. The smallest absolute Gasteiger partial charge is 0.329 e. The number of para-hydroxylation sites is 1. The molecule has 1 saturated carbocycles. The fourth-order valence-electron chi connectivity index (χ4n) is 4.51. The van der Waals surface area contributed by atoms with Crippen LogP contribution in [0.15, 0.2) is 48.5 Å². The second kappa shape index (κ2) is 7.93. The molecule has 7 heteroatoms. The first-order valence-electron chi connectivity index (χ1n) is 10.3. The summed E-state index contributed by atoms with van der Waals surface area (Å²) in [6.45, 7) is 4.30. The minimum atomic E-state index is -2.19. The van der Waals surface area contributed by atoms with Gasteiger partial charge in [-0.25, -0.2) is 4.79 Å². The Balaban J connectivity index is 1.77. The summed E-state index contributed by atoms with van der Waals surface area (Å²) in [6, 6.07) is 12.6. The molecule has 30 heavy (non-hydrogen) atoms. The molecular weight excluding hydrogens is 402 g/mol. The van der Waals surface area contributed by atoms with E-state index in [0.717, 1.165) is 24.2 Å². The van der Waals surface area contributed by atoms with Gasteiger partial charge in [-0.15, -0.1) is 0 Å². The first kappa shape index (κ1) is 20.7. The number of hydrogen-bond donors (Lipinski definition) is 3. The van der Waals surface area contributed by atoms with Crippen LogP contribution in [0, 0.1) is 11.8 Å². The van der Waals surface area contributed by atoms with Crippen molar-refractivity contribution in [2.24, 2.45) is 11.8 Å². The first-order chi connectivity index (χ1) is 14.3. The van der Waals surface area contributed by atoms with Crippen LogP contribution in [0.2, 0.25) is 5.02 Å². The van der Waals surface area contributed by atoms with Crippen LogP contribution in [-0.2, 0) is 10.5 Å². The van der Waals surface area contributed by atoms with Crippen molar-refractivity contribution in [3.63, 3.8) is 0 Å². The van der Waals surface area contributed by atoms with Gasteiger partial charge in [0.15, 0.2) is 0 Å². The molecule has 0 saturated heterocycles. The Bertz CT molecular complexity index is 964. The number of anilines is 2. The van der Waals surface area contributed by atoms with E-state index in [9.17, 15) is 14.7 Å². The van der Waals surface area contributed by atoms with E-state index in [-0.39, 0.29) is 12.0 Å². The number of benzene rings is 2. The molecule has 1 aliphatic carbocycles. The number of rotatable bonds is 3. The molecule has 6 nitrogen and oxygen atoms in total. The molecule has 0 unspecified atom stereocenters. The van der Waals surface area contributed by atoms with Crippen molar-refractivity contribution in [1.82, 2.24) is 5.32 Å². The highest BCUT2D eigenvalue weighted by molar-refractivity contribution is 6.30. The summed E-state index contributed by atoms with van der Waals surface area (Å²) < 4.78 is 0. The molecule has 1 heterocycles. The first-order valence-corrected chi connectivity index (χ1v) is 10.7. The lowest BCUT2D eigenvalue weighted by Crippen LogP contribution is -2.64. The van der Waals surface area contributed by atoms with Gasteiger partial charge in [-0.2, -0.15) is 0 Å². The van der Waals surface area contributed by atoms with Crippen molar-refractivity contribution in [1.29, 1.82) is 0 Å². The Morgan fingerprint density at radius 3 is 2.60 bits per heavy atom. The molecule has 3 amide bonds. The summed E-state index contributed by atoms with van der Waals surface area (Å²) in [5.41, 5.74) is -1.08. The van der Waals surface area contributed by atoms with Crippen LogP contribution in [-0.4, -0.2) is 23.1 Å². The highest BCUT2D eigenvalue weighted by atomic mass is 35.5. The molecular formula is C23H26ClN3O3. The third-order valence-electron chi connectivity index (χ3n) is 6.50. The quantitative estimate of drug-likeness (QED) is 0.675. The SMILES string of the molecule is C[C@@H]1[C@H](C)CCC[C@H]1NC(=O)[C@]1(O)c2ccccc2NC(=O)N1c1ccc(Cl)cc1. The number of urea groups is 1. The van der Waals surface area contributed by atoms with Crippen molar-refractivity contribution in [3.8, 4) is 0 Å². The van der Waals surface area contributed by atoms with Crippen molar-refractivity contribution in [3.05, 3.63) is 59.1 Å². The van der Waals surface area contributed by atoms with Crippen LogP contribution in [0.1, 0.15) is 38.7 Å². The Hall–Kier alpha value is -2.57. The molecule has 4 rings (SSSR count). The third kappa shape index (κ3) is 3.44. The number of aliphatic hydroxyl groups is 1. The second-order valence-corrected chi connectivity index (χ2v) is 8.74. The van der Waals surface area contributed by atoms with Gasteiger partial charge in [0.1, 0.15) is 0 Å². The summed E-state index contributed by atoms with van der Waals surface area (Å²) in [7, 11) is 0. The van der Waals surface area contributed by atoms with E-state index in [1.807, 2.05) is 0 Å². The summed E-state index contributed by atoms with van der Waals surface area (Å²) in [6.07, 6.45) is 2.99. The summed E-state index contributed by atoms with van der Waals surface area (Å²) >= 11 is 6.00. The van der Waals surface area contributed by atoms with Crippen molar-refractivity contribution < 1.29 is 14.7 Å². The van der Waals surface area contributed by atoms with Gasteiger partial charge in [0.05, 0.1) is 5.69 Å². The third-order valence-corrected chi connectivity index (χ3v) is 6.75. The summed E-state index contributed by atoms with van der Waals surface area (Å²) in [5.74, 6) is 0.154. The lowest BCUT2D eigenvalue weighted by molar-refractivity contribution is -0.141. The Morgan fingerprint density at radius 1 is 1.17 bits per heavy atom. The van der Waals surface area contributed by atoms with Gasteiger partial charge >= 0.3 is 6.03 Å². The molecule has 158 valence electrons. The lowest BCUT2D eigenvalue weighted by atomic mass is 9.78. The van der Waals surface area contributed by atoms with Crippen LogP contribution < -0.4 is 15.5 Å². The molecule has 4 atom stereocenters. The molecule has 1 aliphatic heterocycles. The van der Waals surface area contributed by atoms with Crippen LogP contribution in [0.4, 0.5) is 16.2 Å². The Morgan fingerprint density at radius 2 is 1.87 bits per heavy atom. The molecule has 0 aromatic heterocycles. The number of halogens is 1. The Kier molecular flexibility index (Phi) is 5.47. The van der Waals surface area contributed by atoms with Crippen LogP contribution in [0.5, 0.6) is 0 Å². The number of nitrogens with zero attached hydrogens (tertiary/aromatic N) is 1. The van der Waals surface area contributed by atoms with E-state index in [1.165, 1.54) is 0 Å². The topological polar surface area (TPSA) is 81.7 Å². The number of carbonyl (C=O) groups is 2. The van der Waals surface area contributed by atoms with Gasteiger partial charge in [0.2, 0.25) is 0 Å². The number of fused-ring (bicyclic) bond motifs is 1. The van der Waals surface area contributed by atoms with Gasteiger partial charge in [0, 0.05) is 22.3 Å². The average molecular weight is 428 g/mol. The maximum Gasteiger partial charge on any atom is 0.329 e. The fourth-order valence-corrected chi connectivity index (χ4v) is 4.63. The predicted octanol–water partition coefficient (Wildman–Crippen LogP) is 4.48. The number of carbonyl (C=O) groups excluding carboxylic acids is 2. The number of hydrogen-bond acceptors (Lipinski definition) is 3. The highest BCUT2D eigenvalue weighted by Crippen LogP contribution is 2.40. The van der Waals surface area contributed by atoms with Crippen molar-refractivity contribution >= 4 is 34.9 Å². The molecule has 0 bridgehead atoms. The fraction of sp³-hybridized carbons (Fsp3) is 0.391. The standard InChI is InChI=1S/C23H26ClN3O3/c1-14-6-5-9-19(15(14)2)25-21(28)23(30)18-7-3-4-8-20(18)26-22(29)27(23)17-12-10-16(24)11-13-17/h3-4,7-8,10-15,19,30H,5-6,9H2,1-2H3,(H,25,28)(H,26,29)/t14-,15-,19-,23-/m1/s1. The maximum absolute atomic E-state index is 13.6. The van der Waals surface area contributed by atoms with E-state index in [4.69, 9.17) is 11.6 Å². The maximum atomic E-state index is 13.6. The number of nitrogens with one attached hydrogen (secondary N) is 2. The van der Waals surface area contributed by atoms with Crippen molar-refractivity contribution in [2.45, 2.75) is 44.9 Å². The second-order valence-electron chi connectivity index (χ2n) is 8.31. The zero-order valence-corrected chi connectivity index (χ0v) is 17.8. The zero-order chi connectivity index (χ0) is 21.5. The Labute approximate surface area is 181 Å². The van der Waals surface area contributed by atoms with E-state index < -0.39 is 17.7 Å². The molecule has 0 radical (unpaired) electrons. The van der Waals surface area contributed by atoms with Crippen LogP contribution in [0.3, 0.4) is 0 Å². The number of amides is 3. The van der Waals surface area contributed by atoms with Gasteiger partial charge in [0.25, 0.3) is 11.6 Å².